The number of aliphatic hydroxyl groups is 4. The molecule has 2 heterocycles. The van der Waals surface area contributed by atoms with E-state index < -0.39 is 37.3 Å². The molecule has 1 aromatic heterocycles. The van der Waals surface area contributed by atoms with Gasteiger partial charge in [-0.05, 0) is 31.2 Å². The fourth-order valence-corrected chi connectivity index (χ4v) is 4.09. The molecule has 1 saturated heterocycles. The highest BCUT2D eigenvalue weighted by Gasteiger charge is 2.45. The summed E-state index contributed by atoms with van der Waals surface area (Å²) in [6, 6.07) is 12.3. The van der Waals surface area contributed by atoms with Crippen molar-refractivity contribution in [2.45, 2.75) is 37.6 Å². The van der Waals surface area contributed by atoms with Crippen LogP contribution in [0.25, 0.3) is 16.6 Å². The quantitative estimate of drug-likeness (QED) is 0.439. The zero-order chi connectivity index (χ0) is 22.3. The van der Waals surface area contributed by atoms with Gasteiger partial charge >= 0.3 is 0 Å². The first-order valence-corrected chi connectivity index (χ1v) is 10.1. The van der Waals surface area contributed by atoms with Crippen molar-refractivity contribution in [3.8, 4) is 11.4 Å². The zero-order valence-electron chi connectivity index (χ0n) is 16.6. The molecule has 1 aliphatic heterocycles. The second-order valence-corrected chi connectivity index (χ2v) is 7.79. The molecule has 9 heteroatoms. The molecule has 0 radical (unpaired) electrons. The van der Waals surface area contributed by atoms with Gasteiger partial charge in [0, 0.05) is 5.56 Å². The van der Waals surface area contributed by atoms with Crippen LogP contribution in [0.1, 0.15) is 17.3 Å². The molecule has 0 saturated carbocycles. The van der Waals surface area contributed by atoms with Crippen molar-refractivity contribution in [2.75, 3.05) is 6.61 Å². The molecule has 4 N–H and O–H groups in total. The van der Waals surface area contributed by atoms with Crippen LogP contribution in [0.2, 0.25) is 5.02 Å². The number of nitrogens with zero attached hydrogens (tertiary/aromatic N) is 1. The molecule has 0 amide bonds. The van der Waals surface area contributed by atoms with Gasteiger partial charge in [-0.1, -0.05) is 29.8 Å². The summed E-state index contributed by atoms with van der Waals surface area (Å²) >= 11 is 6.43. The third-order valence-electron chi connectivity index (χ3n) is 5.39. The van der Waals surface area contributed by atoms with E-state index in [2.05, 4.69) is 0 Å². The number of halogens is 1. The van der Waals surface area contributed by atoms with E-state index in [4.69, 9.17) is 21.1 Å². The van der Waals surface area contributed by atoms with Crippen molar-refractivity contribution in [1.82, 2.24) is 4.57 Å². The van der Waals surface area contributed by atoms with Gasteiger partial charge in [-0.25, -0.2) is 0 Å². The van der Waals surface area contributed by atoms with Crippen LogP contribution < -0.4 is 4.74 Å². The van der Waals surface area contributed by atoms with Gasteiger partial charge in [-0.2, -0.15) is 0 Å². The van der Waals surface area contributed by atoms with Gasteiger partial charge in [0.25, 0.3) is 0 Å². The summed E-state index contributed by atoms with van der Waals surface area (Å²) in [5, 5.41) is 41.0. The SMILES string of the molecule is CC(=O)c1ccccc1-n1cc(O[C@@H]2[C@@H](O)[C@@H](O)[C@@H](CO)O[C@H]2O)c2c(Cl)cccc21. The number of hydrogen-bond acceptors (Lipinski definition) is 7. The Kier molecular flexibility index (Phi) is 6.02. The molecule has 31 heavy (non-hydrogen) atoms. The van der Waals surface area contributed by atoms with Crippen LogP contribution in [0.4, 0.5) is 0 Å². The normalized spacial score (nSPS) is 26.2. The first kappa shape index (κ1) is 21.8. The summed E-state index contributed by atoms with van der Waals surface area (Å²) < 4.78 is 12.8. The van der Waals surface area contributed by atoms with E-state index in [0.717, 1.165) is 0 Å². The smallest absolute Gasteiger partial charge is 0.195 e. The molecule has 8 nitrogen and oxygen atoms in total. The predicted molar refractivity (Wildman–Crippen MR) is 113 cm³/mol. The number of hydrogen-bond donors (Lipinski definition) is 4. The minimum absolute atomic E-state index is 0.119. The Morgan fingerprint density at radius 1 is 1.13 bits per heavy atom. The average Bonchev–Trinajstić information content (AvgIpc) is 3.13. The van der Waals surface area contributed by atoms with Crippen LogP contribution in [0.5, 0.6) is 5.75 Å². The number of aromatic nitrogens is 1. The number of carbonyl (C=O) groups excluding carboxylic acids is 1. The fourth-order valence-electron chi connectivity index (χ4n) is 3.82. The van der Waals surface area contributed by atoms with Gasteiger partial charge in [-0.3, -0.25) is 4.79 Å². The van der Waals surface area contributed by atoms with Crippen LogP contribution >= 0.6 is 11.6 Å². The number of Topliss-reactive ketones (excluding diaryl/α,β-unsaturated/α-hetero) is 1. The lowest BCUT2D eigenvalue weighted by atomic mass is 9.99. The number of ketones is 1. The Hall–Kier alpha value is -2.46. The van der Waals surface area contributed by atoms with Crippen molar-refractivity contribution < 1.29 is 34.7 Å². The molecule has 3 aromatic rings. The standard InChI is InChI=1S/C22H22ClNO7/c1-11(26)12-5-2-3-7-14(12)24-9-16(18-13(23)6-4-8-15(18)24)30-21-20(28)19(27)17(10-25)31-22(21)29/h2-9,17,19-22,25,27-29H,10H2,1H3/t17-,19+,20+,21-,22-/m1/s1. The van der Waals surface area contributed by atoms with E-state index in [1.807, 2.05) is 0 Å². The Labute approximate surface area is 182 Å². The Morgan fingerprint density at radius 2 is 1.87 bits per heavy atom. The Morgan fingerprint density at radius 3 is 2.58 bits per heavy atom. The number of aliphatic hydroxyl groups excluding tert-OH is 4. The highest BCUT2D eigenvalue weighted by Crippen LogP contribution is 2.38. The lowest BCUT2D eigenvalue weighted by Crippen LogP contribution is -2.60. The molecule has 4 rings (SSSR count). The monoisotopic (exact) mass is 447 g/mol. The summed E-state index contributed by atoms with van der Waals surface area (Å²) in [5.41, 5.74) is 1.75. The lowest BCUT2D eigenvalue weighted by molar-refractivity contribution is -0.280. The van der Waals surface area contributed by atoms with Crippen molar-refractivity contribution in [3.63, 3.8) is 0 Å². The fraction of sp³-hybridized carbons (Fsp3) is 0.318. The van der Waals surface area contributed by atoms with Crippen LogP contribution in [0.3, 0.4) is 0 Å². The first-order valence-electron chi connectivity index (χ1n) is 9.70. The number of rotatable bonds is 5. The molecule has 2 aromatic carbocycles. The maximum atomic E-state index is 12.1. The van der Waals surface area contributed by atoms with Crippen molar-refractivity contribution in [2.24, 2.45) is 0 Å². The Balaban J connectivity index is 1.81. The zero-order valence-corrected chi connectivity index (χ0v) is 17.3. The molecule has 0 spiro atoms. The Bertz CT molecular complexity index is 1110. The molecule has 0 unspecified atom stereocenters. The molecule has 5 atom stereocenters. The second-order valence-electron chi connectivity index (χ2n) is 7.38. The van der Waals surface area contributed by atoms with Crippen molar-refractivity contribution in [1.29, 1.82) is 0 Å². The summed E-state index contributed by atoms with van der Waals surface area (Å²) in [7, 11) is 0. The van der Waals surface area contributed by atoms with Gasteiger partial charge in [-0.15, -0.1) is 0 Å². The van der Waals surface area contributed by atoms with Crippen LogP contribution in [0, 0.1) is 0 Å². The third kappa shape index (κ3) is 3.82. The van der Waals surface area contributed by atoms with Gasteiger partial charge in [0.2, 0.25) is 0 Å². The number of carbonyl (C=O) groups is 1. The minimum atomic E-state index is -1.60. The van der Waals surface area contributed by atoms with Crippen LogP contribution in [-0.4, -0.2) is 68.1 Å². The lowest BCUT2D eigenvalue weighted by Gasteiger charge is -2.39. The summed E-state index contributed by atoms with van der Waals surface area (Å²) in [4.78, 5) is 12.1. The van der Waals surface area contributed by atoms with E-state index in [1.165, 1.54) is 6.92 Å². The van der Waals surface area contributed by atoms with E-state index in [-0.39, 0.29) is 11.5 Å². The first-order chi connectivity index (χ1) is 14.8. The largest absolute Gasteiger partial charge is 0.480 e. The summed E-state index contributed by atoms with van der Waals surface area (Å²) in [6.45, 7) is 0.898. The van der Waals surface area contributed by atoms with Gasteiger partial charge in [0.05, 0.1) is 34.4 Å². The van der Waals surface area contributed by atoms with Crippen molar-refractivity contribution >= 4 is 28.3 Å². The number of para-hydroxylation sites is 1. The van der Waals surface area contributed by atoms with Crippen molar-refractivity contribution in [3.05, 3.63) is 59.2 Å². The van der Waals surface area contributed by atoms with Gasteiger partial charge in [0.15, 0.2) is 18.2 Å². The maximum absolute atomic E-state index is 12.1. The van der Waals surface area contributed by atoms with Gasteiger partial charge < -0.3 is 34.5 Å². The number of fused-ring (bicyclic) bond motifs is 1. The highest BCUT2D eigenvalue weighted by molar-refractivity contribution is 6.36. The highest BCUT2D eigenvalue weighted by atomic mass is 35.5. The number of benzene rings is 2. The molecular weight excluding hydrogens is 426 g/mol. The summed E-state index contributed by atoms with van der Waals surface area (Å²) in [6.07, 6.45) is -5.45. The molecule has 1 aliphatic rings. The van der Waals surface area contributed by atoms with E-state index in [0.29, 0.717) is 27.2 Å². The molecule has 0 bridgehead atoms. The summed E-state index contributed by atoms with van der Waals surface area (Å²) in [5.74, 6) is 0.104. The molecular formula is C22H22ClNO7. The maximum Gasteiger partial charge on any atom is 0.195 e. The average molecular weight is 448 g/mol. The predicted octanol–water partition coefficient (Wildman–Crippen LogP) is 1.67. The molecule has 1 fully saturated rings. The molecule has 0 aliphatic carbocycles. The number of ether oxygens (including phenoxy) is 2. The topological polar surface area (TPSA) is 121 Å². The van der Waals surface area contributed by atoms with E-state index in [9.17, 15) is 25.2 Å². The molecule has 164 valence electrons. The van der Waals surface area contributed by atoms with E-state index >= 15 is 0 Å². The minimum Gasteiger partial charge on any atom is -0.480 e. The second kappa shape index (κ2) is 8.58. The third-order valence-corrected chi connectivity index (χ3v) is 5.71. The van der Waals surface area contributed by atoms with Gasteiger partial charge in [0.1, 0.15) is 24.1 Å². The van der Waals surface area contributed by atoms with E-state index in [1.54, 1.807) is 53.2 Å². The van der Waals surface area contributed by atoms with Crippen LogP contribution in [-0.2, 0) is 4.74 Å². The van der Waals surface area contributed by atoms with Crippen LogP contribution in [0.15, 0.2) is 48.7 Å².